The smallest absolute Gasteiger partial charge is 0.263 e. The monoisotopic (exact) mass is 267 g/mol. The van der Waals surface area contributed by atoms with Crippen LogP contribution < -0.4 is 4.90 Å². The van der Waals surface area contributed by atoms with Gasteiger partial charge in [-0.15, -0.1) is 0 Å². The van der Waals surface area contributed by atoms with Gasteiger partial charge in [-0.25, -0.2) is 0 Å². The molecule has 0 aromatic heterocycles. The second-order valence-electron chi connectivity index (χ2n) is 5.23. The molecule has 1 unspecified atom stereocenters. The molecule has 102 valence electrons. The molecule has 2 aromatic rings. The van der Waals surface area contributed by atoms with Gasteiger partial charge in [0, 0.05) is 12.6 Å². The van der Waals surface area contributed by atoms with Gasteiger partial charge in [0.15, 0.2) is 5.60 Å². The molecule has 0 saturated carbocycles. The van der Waals surface area contributed by atoms with E-state index in [2.05, 4.69) is 0 Å². The third-order valence-corrected chi connectivity index (χ3v) is 3.99. The van der Waals surface area contributed by atoms with Crippen LogP contribution in [0.15, 0.2) is 54.6 Å². The molecular formula is C17H17NO2. The summed E-state index contributed by atoms with van der Waals surface area (Å²) in [6, 6.07) is 17.4. The van der Waals surface area contributed by atoms with Crippen LogP contribution in [0.3, 0.4) is 0 Å². The maximum atomic E-state index is 12.4. The number of nitrogens with zero attached hydrogens (tertiary/aromatic N) is 1. The minimum absolute atomic E-state index is 0.241. The van der Waals surface area contributed by atoms with Crippen molar-refractivity contribution in [1.29, 1.82) is 0 Å². The van der Waals surface area contributed by atoms with Gasteiger partial charge in [0.25, 0.3) is 5.91 Å². The number of fused-ring (bicyclic) bond motifs is 1. The minimum atomic E-state index is -1.40. The summed E-state index contributed by atoms with van der Waals surface area (Å²) in [5.41, 5.74) is 1.23. The van der Waals surface area contributed by atoms with E-state index in [1.54, 1.807) is 11.9 Å². The topological polar surface area (TPSA) is 40.5 Å². The average Bonchev–Trinajstić information content (AvgIpc) is 2.69. The first-order chi connectivity index (χ1) is 9.63. The van der Waals surface area contributed by atoms with E-state index in [1.807, 2.05) is 54.6 Å². The Morgan fingerprint density at radius 3 is 2.45 bits per heavy atom. The number of carbonyl (C=O) groups excluding carboxylic acids is 1. The fraction of sp³-hybridized carbons (Fsp3) is 0.235. The number of carbonyl (C=O) groups is 1. The number of likely N-dealkylation sites (N-methyl/N-ethyl adjacent to an activating group) is 1. The number of rotatable bonds is 3. The lowest BCUT2D eigenvalue weighted by atomic mass is 9.89. The molecule has 1 heterocycles. The van der Waals surface area contributed by atoms with Crippen molar-refractivity contribution in [1.82, 2.24) is 0 Å². The van der Waals surface area contributed by atoms with Crippen molar-refractivity contribution in [3.63, 3.8) is 0 Å². The summed E-state index contributed by atoms with van der Waals surface area (Å²) < 4.78 is 0. The average molecular weight is 267 g/mol. The van der Waals surface area contributed by atoms with Gasteiger partial charge in [-0.3, -0.25) is 4.79 Å². The lowest BCUT2D eigenvalue weighted by Crippen LogP contribution is -2.38. The summed E-state index contributed by atoms with van der Waals surface area (Å²) in [5.74, 6) is -0.241. The summed E-state index contributed by atoms with van der Waals surface area (Å²) in [4.78, 5) is 13.9. The van der Waals surface area contributed by atoms with Crippen LogP contribution in [0.25, 0.3) is 0 Å². The molecule has 2 aromatic carbocycles. The molecular weight excluding hydrogens is 250 g/mol. The lowest BCUT2D eigenvalue weighted by Gasteiger charge is -2.21. The second-order valence-corrected chi connectivity index (χ2v) is 5.23. The normalized spacial score (nSPS) is 21.1. The van der Waals surface area contributed by atoms with Crippen molar-refractivity contribution in [2.24, 2.45) is 0 Å². The number of benzene rings is 2. The second kappa shape index (κ2) is 4.76. The van der Waals surface area contributed by atoms with Gasteiger partial charge in [-0.05, 0) is 24.5 Å². The molecule has 1 atom stereocenters. The van der Waals surface area contributed by atoms with Gasteiger partial charge >= 0.3 is 0 Å². The number of aryl methyl sites for hydroxylation is 1. The Morgan fingerprint density at radius 1 is 1.05 bits per heavy atom. The molecule has 3 nitrogen and oxygen atoms in total. The molecule has 0 spiro atoms. The molecule has 1 aliphatic rings. The van der Waals surface area contributed by atoms with Crippen molar-refractivity contribution < 1.29 is 9.90 Å². The highest BCUT2D eigenvalue weighted by Gasteiger charge is 2.47. The fourth-order valence-corrected chi connectivity index (χ4v) is 2.83. The van der Waals surface area contributed by atoms with Gasteiger partial charge < -0.3 is 10.0 Å². The zero-order valence-electron chi connectivity index (χ0n) is 11.4. The van der Waals surface area contributed by atoms with Crippen LogP contribution in [0.1, 0.15) is 17.5 Å². The predicted octanol–water partition coefficient (Wildman–Crippen LogP) is 2.48. The highest BCUT2D eigenvalue weighted by molar-refractivity contribution is 6.06. The molecule has 1 N–H and O–H groups in total. The summed E-state index contributed by atoms with van der Waals surface area (Å²) in [7, 11) is 1.71. The van der Waals surface area contributed by atoms with E-state index >= 15 is 0 Å². The Hall–Kier alpha value is -2.13. The van der Waals surface area contributed by atoms with E-state index in [1.165, 1.54) is 0 Å². The Balaban J connectivity index is 1.90. The standard InChI is InChI=1S/C17H17NO2/c1-18-15-10-6-5-9-14(15)17(20,16(18)19)12-11-13-7-3-2-4-8-13/h2-10,20H,11-12H2,1H3. The molecule has 1 amide bonds. The third kappa shape index (κ3) is 1.91. The van der Waals surface area contributed by atoms with Crippen molar-refractivity contribution >= 4 is 11.6 Å². The highest BCUT2D eigenvalue weighted by Crippen LogP contribution is 2.41. The van der Waals surface area contributed by atoms with Crippen LogP contribution in [0.2, 0.25) is 0 Å². The molecule has 1 aliphatic heterocycles. The SMILES string of the molecule is CN1C(=O)C(O)(CCc2ccccc2)c2ccccc21. The Bertz CT molecular complexity index is 638. The number of hydrogen-bond acceptors (Lipinski definition) is 2. The number of amides is 1. The van der Waals surface area contributed by atoms with Crippen molar-refractivity contribution in [3.05, 3.63) is 65.7 Å². The fourth-order valence-electron chi connectivity index (χ4n) is 2.83. The molecule has 0 radical (unpaired) electrons. The lowest BCUT2D eigenvalue weighted by molar-refractivity contribution is -0.136. The summed E-state index contributed by atoms with van der Waals surface area (Å²) in [6.07, 6.45) is 1.07. The first kappa shape index (κ1) is 12.9. The zero-order chi connectivity index (χ0) is 14.2. The molecule has 0 fully saturated rings. The predicted molar refractivity (Wildman–Crippen MR) is 78.5 cm³/mol. The number of hydrogen-bond donors (Lipinski definition) is 1. The third-order valence-electron chi connectivity index (χ3n) is 3.99. The van der Waals surface area contributed by atoms with E-state index in [-0.39, 0.29) is 5.91 Å². The molecule has 0 bridgehead atoms. The van der Waals surface area contributed by atoms with Crippen LogP contribution >= 0.6 is 0 Å². The van der Waals surface area contributed by atoms with E-state index in [4.69, 9.17) is 0 Å². The van der Waals surface area contributed by atoms with Crippen molar-refractivity contribution in [3.8, 4) is 0 Å². The molecule has 20 heavy (non-hydrogen) atoms. The summed E-state index contributed by atoms with van der Waals surface area (Å²) in [5, 5.41) is 10.9. The molecule has 3 rings (SSSR count). The van der Waals surface area contributed by atoms with E-state index < -0.39 is 5.60 Å². The first-order valence-electron chi connectivity index (χ1n) is 6.77. The number of aliphatic hydroxyl groups is 1. The van der Waals surface area contributed by atoms with E-state index in [0.29, 0.717) is 18.4 Å². The zero-order valence-corrected chi connectivity index (χ0v) is 11.4. The van der Waals surface area contributed by atoms with Crippen LogP contribution in [0, 0.1) is 0 Å². The maximum Gasteiger partial charge on any atom is 0.263 e. The van der Waals surface area contributed by atoms with Gasteiger partial charge in [0.2, 0.25) is 0 Å². The maximum absolute atomic E-state index is 12.4. The van der Waals surface area contributed by atoms with Crippen LogP contribution in [0.4, 0.5) is 5.69 Å². The van der Waals surface area contributed by atoms with Crippen LogP contribution in [-0.2, 0) is 16.8 Å². The quantitative estimate of drug-likeness (QED) is 0.928. The largest absolute Gasteiger partial charge is 0.375 e. The summed E-state index contributed by atoms with van der Waals surface area (Å²) >= 11 is 0. The van der Waals surface area contributed by atoms with Gasteiger partial charge in [0.05, 0.1) is 5.69 Å². The van der Waals surface area contributed by atoms with Gasteiger partial charge in [-0.1, -0.05) is 48.5 Å². The van der Waals surface area contributed by atoms with Crippen LogP contribution in [-0.4, -0.2) is 18.1 Å². The van der Waals surface area contributed by atoms with Crippen molar-refractivity contribution in [2.45, 2.75) is 18.4 Å². The van der Waals surface area contributed by atoms with Crippen molar-refractivity contribution in [2.75, 3.05) is 11.9 Å². The minimum Gasteiger partial charge on any atom is -0.375 e. The number of anilines is 1. The summed E-state index contributed by atoms with van der Waals surface area (Å²) in [6.45, 7) is 0. The van der Waals surface area contributed by atoms with Gasteiger partial charge in [-0.2, -0.15) is 0 Å². The Kier molecular flexibility index (Phi) is 3.07. The van der Waals surface area contributed by atoms with Gasteiger partial charge in [0.1, 0.15) is 0 Å². The van der Waals surface area contributed by atoms with E-state index in [9.17, 15) is 9.90 Å². The molecule has 0 aliphatic carbocycles. The molecule has 0 saturated heterocycles. The highest BCUT2D eigenvalue weighted by atomic mass is 16.3. The molecule has 3 heteroatoms. The van der Waals surface area contributed by atoms with Crippen LogP contribution in [0.5, 0.6) is 0 Å². The Morgan fingerprint density at radius 2 is 1.70 bits per heavy atom. The van der Waals surface area contributed by atoms with E-state index in [0.717, 1.165) is 11.3 Å². The first-order valence-corrected chi connectivity index (χ1v) is 6.77. The number of para-hydroxylation sites is 1. The Labute approximate surface area is 118 Å².